The Morgan fingerprint density at radius 1 is 1.23 bits per heavy atom. The van der Waals surface area contributed by atoms with Crippen LogP contribution in [-0.4, -0.2) is 43.2 Å². The van der Waals surface area contributed by atoms with Gasteiger partial charge in [0.2, 0.25) is 0 Å². The van der Waals surface area contributed by atoms with Crippen LogP contribution in [0.4, 0.5) is 0 Å². The molecular formula is C23H29N5O3. The topological polar surface area (TPSA) is 86.2 Å². The van der Waals surface area contributed by atoms with Crippen molar-refractivity contribution in [1.29, 1.82) is 0 Å². The predicted molar refractivity (Wildman–Crippen MR) is 119 cm³/mol. The van der Waals surface area contributed by atoms with Crippen molar-refractivity contribution in [3.63, 3.8) is 0 Å². The molecule has 8 heteroatoms. The SMILES string of the molecule is Cn1c(=O)n(CC(C)(C)C)c2ccc(C3=CCN(C(=O)c4ccon4)CC3(C)C)nc21. The Morgan fingerprint density at radius 2 is 1.97 bits per heavy atom. The summed E-state index contributed by atoms with van der Waals surface area (Å²) in [7, 11) is 1.76. The standard InChI is InChI=1S/C23H29N5O3/c1-22(2,3)13-28-18-8-7-16(24-19(18)26(6)21(28)30)15-9-11-27(14-23(15,4)5)20(29)17-10-12-31-25-17/h7-10,12H,11,13-14H2,1-6H3. The number of hydrogen-bond acceptors (Lipinski definition) is 5. The Kier molecular flexibility index (Phi) is 4.91. The molecule has 0 saturated carbocycles. The normalized spacial score (nSPS) is 16.6. The van der Waals surface area contributed by atoms with Crippen molar-refractivity contribution in [1.82, 2.24) is 24.2 Å². The van der Waals surface area contributed by atoms with Crippen molar-refractivity contribution >= 4 is 22.6 Å². The average Bonchev–Trinajstić information content (AvgIpc) is 3.30. The summed E-state index contributed by atoms with van der Waals surface area (Å²) in [5.41, 5.74) is 3.31. The minimum absolute atomic E-state index is 0.0233. The zero-order valence-corrected chi connectivity index (χ0v) is 19.0. The Bertz CT molecular complexity index is 1220. The molecule has 0 atom stereocenters. The van der Waals surface area contributed by atoms with Gasteiger partial charge in [0.15, 0.2) is 11.3 Å². The highest BCUT2D eigenvalue weighted by Crippen LogP contribution is 2.38. The Balaban J connectivity index is 1.71. The van der Waals surface area contributed by atoms with Gasteiger partial charge in [-0.05, 0) is 23.1 Å². The first-order valence-corrected chi connectivity index (χ1v) is 10.4. The first-order chi connectivity index (χ1) is 14.5. The molecule has 0 spiro atoms. The summed E-state index contributed by atoms with van der Waals surface area (Å²) < 4.78 is 8.22. The number of carbonyl (C=O) groups is 1. The van der Waals surface area contributed by atoms with Crippen LogP contribution >= 0.6 is 0 Å². The summed E-state index contributed by atoms with van der Waals surface area (Å²) in [5.74, 6) is -0.151. The largest absolute Gasteiger partial charge is 0.364 e. The van der Waals surface area contributed by atoms with E-state index in [9.17, 15) is 9.59 Å². The van der Waals surface area contributed by atoms with Crippen molar-refractivity contribution < 1.29 is 9.32 Å². The highest BCUT2D eigenvalue weighted by atomic mass is 16.5. The average molecular weight is 424 g/mol. The second kappa shape index (κ2) is 7.21. The van der Waals surface area contributed by atoms with Crippen LogP contribution in [0, 0.1) is 10.8 Å². The first kappa shape index (κ1) is 21.1. The van der Waals surface area contributed by atoms with E-state index in [2.05, 4.69) is 39.8 Å². The monoisotopic (exact) mass is 423 g/mol. The van der Waals surface area contributed by atoms with Gasteiger partial charge in [0.25, 0.3) is 5.91 Å². The van der Waals surface area contributed by atoms with Crippen molar-refractivity contribution in [3.05, 3.63) is 52.4 Å². The molecule has 1 aliphatic heterocycles. The van der Waals surface area contributed by atoms with Gasteiger partial charge in [0.05, 0.1) is 11.2 Å². The van der Waals surface area contributed by atoms with E-state index < -0.39 is 0 Å². The smallest absolute Gasteiger partial charge is 0.330 e. The lowest BCUT2D eigenvalue weighted by Crippen LogP contribution is -2.43. The Labute approximate surface area is 181 Å². The molecule has 3 aromatic heterocycles. The van der Waals surface area contributed by atoms with Crippen molar-refractivity contribution in [2.24, 2.45) is 17.9 Å². The number of aromatic nitrogens is 4. The van der Waals surface area contributed by atoms with Gasteiger partial charge in [-0.2, -0.15) is 0 Å². The maximum atomic E-state index is 12.8. The molecule has 0 bridgehead atoms. The quantitative estimate of drug-likeness (QED) is 0.645. The van der Waals surface area contributed by atoms with Crippen LogP contribution in [0.5, 0.6) is 0 Å². The number of amides is 1. The van der Waals surface area contributed by atoms with Crippen LogP contribution < -0.4 is 5.69 Å². The second-order valence-corrected chi connectivity index (χ2v) is 10.1. The molecule has 4 heterocycles. The van der Waals surface area contributed by atoms with Crippen molar-refractivity contribution in [2.75, 3.05) is 13.1 Å². The summed E-state index contributed by atoms with van der Waals surface area (Å²) in [4.78, 5) is 32.1. The molecule has 3 aromatic rings. The molecule has 0 saturated heterocycles. The van der Waals surface area contributed by atoms with Crippen molar-refractivity contribution in [2.45, 2.75) is 41.2 Å². The van der Waals surface area contributed by atoms with Crippen LogP contribution in [0.3, 0.4) is 0 Å². The summed E-state index contributed by atoms with van der Waals surface area (Å²) in [6.45, 7) is 12.2. The van der Waals surface area contributed by atoms with Gasteiger partial charge in [0, 0.05) is 38.2 Å². The van der Waals surface area contributed by atoms with Gasteiger partial charge in [-0.1, -0.05) is 45.9 Å². The third-order valence-electron chi connectivity index (χ3n) is 5.66. The van der Waals surface area contributed by atoms with Gasteiger partial charge >= 0.3 is 5.69 Å². The van der Waals surface area contributed by atoms with Crippen LogP contribution in [0.15, 0.2) is 39.9 Å². The Morgan fingerprint density at radius 3 is 2.58 bits per heavy atom. The summed E-state index contributed by atoms with van der Waals surface area (Å²) >= 11 is 0. The number of rotatable bonds is 3. The molecule has 4 rings (SSSR count). The zero-order valence-electron chi connectivity index (χ0n) is 19.0. The van der Waals surface area contributed by atoms with E-state index in [1.807, 2.05) is 18.2 Å². The fourth-order valence-electron chi connectivity index (χ4n) is 4.25. The van der Waals surface area contributed by atoms with Gasteiger partial charge in [0.1, 0.15) is 6.26 Å². The number of nitrogens with zero attached hydrogens (tertiary/aromatic N) is 5. The molecule has 0 N–H and O–H groups in total. The van der Waals surface area contributed by atoms with Crippen molar-refractivity contribution in [3.8, 4) is 0 Å². The maximum Gasteiger partial charge on any atom is 0.330 e. The van der Waals surface area contributed by atoms with E-state index in [0.717, 1.165) is 16.8 Å². The summed E-state index contributed by atoms with van der Waals surface area (Å²) in [6, 6.07) is 5.53. The Hall–Kier alpha value is -3.16. The number of fused-ring (bicyclic) bond motifs is 1. The zero-order chi connectivity index (χ0) is 22.6. The molecule has 0 radical (unpaired) electrons. The van der Waals surface area contributed by atoms with Crippen LogP contribution in [0.2, 0.25) is 0 Å². The van der Waals surface area contributed by atoms with E-state index in [1.165, 1.54) is 6.26 Å². The maximum absolute atomic E-state index is 12.8. The molecule has 0 aliphatic carbocycles. The summed E-state index contributed by atoms with van der Waals surface area (Å²) in [6.07, 6.45) is 3.44. The first-order valence-electron chi connectivity index (χ1n) is 10.4. The molecule has 1 amide bonds. The predicted octanol–water partition coefficient (Wildman–Crippen LogP) is 3.33. The van der Waals surface area contributed by atoms with Crippen LogP contribution in [-0.2, 0) is 13.6 Å². The fraction of sp³-hybridized carbons (Fsp3) is 0.478. The number of aryl methyl sites for hydroxylation is 1. The fourth-order valence-corrected chi connectivity index (χ4v) is 4.25. The number of imidazole rings is 1. The number of carbonyl (C=O) groups excluding carboxylic acids is 1. The third-order valence-corrected chi connectivity index (χ3v) is 5.66. The minimum Gasteiger partial charge on any atom is -0.364 e. The molecule has 164 valence electrons. The van der Waals surface area contributed by atoms with Gasteiger partial charge in [-0.15, -0.1) is 0 Å². The lowest BCUT2D eigenvalue weighted by molar-refractivity contribution is 0.0714. The lowest BCUT2D eigenvalue weighted by atomic mass is 9.79. The van der Waals surface area contributed by atoms with E-state index in [4.69, 9.17) is 9.51 Å². The number of pyridine rings is 1. The highest BCUT2D eigenvalue weighted by molar-refractivity contribution is 5.93. The van der Waals surface area contributed by atoms with E-state index in [-0.39, 0.29) is 22.4 Å². The molecule has 0 unspecified atom stereocenters. The highest BCUT2D eigenvalue weighted by Gasteiger charge is 2.34. The minimum atomic E-state index is -0.314. The number of hydrogen-bond donors (Lipinski definition) is 0. The van der Waals surface area contributed by atoms with E-state index in [1.54, 1.807) is 27.1 Å². The molecule has 8 nitrogen and oxygen atoms in total. The van der Waals surface area contributed by atoms with E-state index in [0.29, 0.717) is 31.0 Å². The molecule has 0 aromatic carbocycles. The van der Waals surface area contributed by atoms with Crippen LogP contribution in [0.1, 0.15) is 50.8 Å². The molecular weight excluding hydrogens is 394 g/mol. The molecule has 31 heavy (non-hydrogen) atoms. The molecule has 0 fully saturated rings. The second-order valence-electron chi connectivity index (χ2n) is 10.1. The van der Waals surface area contributed by atoms with Gasteiger partial charge < -0.3 is 9.42 Å². The van der Waals surface area contributed by atoms with Crippen LogP contribution in [0.25, 0.3) is 16.7 Å². The van der Waals surface area contributed by atoms with E-state index >= 15 is 0 Å². The van der Waals surface area contributed by atoms with Gasteiger partial charge in [-0.3, -0.25) is 13.9 Å². The van der Waals surface area contributed by atoms with Gasteiger partial charge in [-0.25, -0.2) is 9.78 Å². The molecule has 1 aliphatic rings. The summed E-state index contributed by atoms with van der Waals surface area (Å²) in [5, 5.41) is 3.76. The third kappa shape index (κ3) is 3.82. The lowest BCUT2D eigenvalue weighted by Gasteiger charge is -2.38.